The largest absolute Gasteiger partial charge is 0.493 e. The van der Waals surface area contributed by atoms with E-state index in [9.17, 15) is 13.2 Å². The van der Waals surface area contributed by atoms with Crippen LogP contribution in [0, 0.1) is 12.8 Å². The Morgan fingerprint density at radius 3 is 2.75 bits per heavy atom. The zero-order valence-corrected chi connectivity index (χ0v) is 18.6. The van der Waals surface area contributed by atoms with Crippen LogP contribution in [0.5, 0.6) is 5.75 Å². The van der Waals surface area contributed by atoms with Gasteiger partial charge in [-0.2, -0.15) is 13.2 Å². The van der Waals surface area contributed by atoms with E-state index in [1.807, 2.05) is 32.0 Å². The third-order valence-electron chi connectivity index (χ3n) is 4.17. The fraction of sp³-hybridized carbons (Fsp3) is 0.632. The van der Waals surface area contributed by atoms with Crippen molar-refractivity contribution in [3.63, 3.8) is 0 Å². The van der Waals surface area contributed by atoms with Gasteiger partial charge in [0.2, 0.25) is 0 Å². The van der Waals surface area contributed by atoms with Crippen LogP contribution < -0.4 is 15.4 Å². The molecule has 0 amide bonds. The van der Waals surface area contributed by atoms with Crippen LogP contribution in [-0.4, -0.2) is 45.0 Å². The number of hydrogen-bond acceptors (Lipinski definition) is 3. The predicted molar refractivity (Wildman–Crippen MR) is 115 cm³/mol. The average molecular weight is 515 g/mol. The van der Waals surface area contributed by atoms with Crippen molar-refractivity contribution in [3.8, 4) is 5.75 Å². The maximum Gasteiger partial charge on any atom is 0.390 e. The highest BCUT2D eigenvalue weighted by atomic mass is 127. The van der Waals surface area contributed by atoms with Crippen LogP contribution in [0.1, 0.15) is 30.9 Å². The highest BCUT2D eigenvalue weighted by Crippen LogP contribution is 2.23. The number of benzene rings is 1. The molecular weight excluding hydrogens is 486 g/mol. The van der Waals surface area contributed by atoms with Gasteiger partial charge in [-0.1, -0.05) is 12.1 Å². The molecule has 0 bridgehead atoms. The Morgan fingerprint density at radius 2 is 2.11 bits per heavy atom. The lowest BCUT2D eigenvalue weighted by molar-refractivity contribution is -0.132. The molecule has 2 rings (SSSR count). The number of aryl methyl sites for hydroxylation is 1. The monoisotopic (exact) mass is 515 g/mol. The van der Waals surface area contributed by atoms with E-state index in [-0.39, 0.29) is 30.5 Å². The van der Waals surface area contributed by atoms with Crippen molar-refractivity contribution < 1.29 is 22.6 Å². The predicted octanol–water partition coefficient (Wildman–Crippen LogP) is 4.04. The maximum absolute atomic E-state index is 12.3. The number of ether oxygens (including phenoxy) is 2. The number of nitrogens with zero attached hydrogens (tertiary/aromatic N) is 1. The zero-order valence-electron chi connectivity index (χ0n) is 16.3. The Hall–Kier alpha value is -1.23. The molecule has 1 fully saturated rings. The molecular formula is C19H29F3IN3O2. The molecule has 0 aliphatic carbocycles. The van der Waals surface area contributed by atoms with Crippen molar-refractivity contribution in [3.05, 3.63) is 29.3 Å². The summed E-state index contributed by atoms with van der Waals surface area (Å²) in [6, 6.07) is 5.88. The Balaban J connectivity index is 0.00000392. The molecule has 1 heterocycles. The quantitative estimate of drug-likeness (QED) is 0.312. The van der Waals surface area contributed by atoms with Gasteiger partial charge in [0.15, 0.2) is 5.96 Å². The van der Waals surface area contributed by atoms with Crippen LogP contribution in [0.4, 0.5) is 13.2 Å². The highest BCUT2D eigenvalue weighted by Gasteiger charge is 2.26. The minimum atomic E-state index is -4.19. The first-order chi connectivity index (χ1) is 12.9. The fourth-order valence-electron chi connectivity index (χ4n) is 2.68. The summed E-state index contributed by atoms with van der Waals surface area (Å²) in [5.74, 6) is 1.51. The standard InChI is InChI=1S/C19H28F3N3O2.HI/c1-3-23-18(24-8-7-19(20,21)22)25-11-16-5-4-14(2)10-17(16)27-13-15-6-9-26-12-15;/h4-5,10,15H,3,6-9,11-13H2,1-2H3,(H2,23,24,25);1H. The van der Waals surface area contributed by atoms with Crippen molar-refractivity contribution in [2.45, 2.75) is 39.4 Å². The molecule has 1 atom stereocenters. The van der Waals surface area contributed by atoms with E-state index < -0.39 is 12.6 Å². The first-order valence-corrected chi connectivity index (χ1v) is 9.26. The fourth-order valence-corrected chi connectivity index (χ4v) is 2.68. The molecule has 1 saturated heterocycles. The number of alkyl halides is 3. The zero-order chi connectivity index (χ0) is 19.7. The van der Waals surface area contributed by atoms with E-state index in [1.165, 1.54) is 0 Å². The molecule has 28 heavy (non-hydrogen) atoms. The highest BCUT2D eigenvalue weighted by molar-refractivity contribution is 14.0. The molecule has 1 aliphatic rings. The summed E-state index contributed by atoms with van der Waals surface area (Å²) in [6.45, 7) is 6.60. The van der Waals surface area contributed by atoms with Gasteiger partial charge < -0.3 is 20.1 Å². The van der Waals surface area contributed by atoms with E-state index in [0.29, 0.717) is 38.2 Å². The van der Waals surface area contributed by atoms with Gasteiger partial charge in [0, 0.05) is 31.2 Å². The molecule has 1 aromatic rings. The van der Waals surface area contributed by atoms with Gasteiger partial charge in [-0.3, -0.25) is 0 Å². The van der Waals surface area contributed by atoms with Crippen LogP contribution in [-0.2, 0) is 11.3 Å². The third-order valence-corrected chi connectivity index (χ3v) is 4.17. The van der Waals surface area contributed by atoms with Gasteiger partial charge in [-0.15, -0.1) is 24.0 Å². The minimum absolute atomic E-state index is 0. The van der Waals surface area contributed by atoms with Crippen molar-refractivity contribution >= 4 is 29.9 Å². The van der Waals surface area contributed by atoms with Crippen molar-refractivity contribution in [1.29, 1.82) is 0 Å². The summed E-state index contributed by atoms with van der Waals surface area (Å²) in [4.78, 5) is 4.40. The second-order valence-corrected chi connectivity index (χ2v) is 6.64. The molecule has 0 aromatic heterocycles. The minimum Gasteiger partial charge on any atom is -0.493 e. The number of aliphatic imine (C=N–C) groups is 1. The molecule has 160 valence electrons. The first kappa shape index (κ1) is 24.8. The number of guanidine groups is 1. The Labute approximate surface area is 181 Å². The van der Waals surface area contributed by atoms with Crippen molar-refractivity contribution in [2.75, 3.05) is 32.9 Å². The molecule has 2 N–H and O–H groups in total. The number of rotatable bonds is 8. The molecule has 1 aliphatic heterocycles. The Morgan fingerprint density at radius 1 is 1.32 bits per heavy atom. The van der Waals surface area contributed by atoms with Gasteiger partial charge in [0.05, 0.1) is 26.2 Å². The van der Waals surface area contributed by atoms with Crippen LogP contribution in [0.2, 0.25) is 0 Å². The second-order valence-electron chi connectivity index (χ2n) is 6.64. The van der Waals surface area contributed by atoms with Crippen LogP contribution in [0.15, 0.2) is 23.2 Å². The summed E-state index contributed by atoms with van der Waals surface area (Å²) >= 11 is 0. The lowest BCUT2D eigenvalue weighted by Crippen LogP contribution is -2.38. The molecule has 0 saturated carbocycles. The summed E-state index contributed by atoms with van der Waals surface area (Å²) in [5.41, 5.74) is 1.98. The molecule has 5 nitrogen and oxygen atoms in total. The molecule has 0 radical (unpaired) electrons. The van der Waals surface area contributed by atoms with Gasteiger partial charge in [-0.05, 0) is 31.9 Å². The molecule has 0 spiro atoms. The van der Waals surface area contributed by atoms with E-state index in [1.54, 1.807) is 0 Å². The summed E-state index contributed by atoms with van der Waals surface area (Å²) in [7, 11) is 0. The van der Waals surface area contributed by atoms with E-state index >= 15 is 0 Å². The number of halogens is 4. The lowest BCUT2D eigenvalue weighted by atomic mass is 10.1. The Kier molecular flexibility index (Phi) is 10.9. The van der Waals surface area contributed by atoms with Crippen molar-refractivity contribution in [2.24, 2.45) is 10.9 Å². The second kappa shape index (κ2) is 12.4. The molecule has 9 heteroatoms. The number of hydrogen-bond donors (Lipinski definition) is 2. The van der Waals surface area contributed by atoms with E-state index in [4.69, 9.17) is 9.47 Å². The van der Waals surface area contributed by atoms with Crippen LogP contribution >= 0.6 is 24.0 Å². The molecule has 1 unspecified atom stereocenters. The molecule has 1 aromatic carbocycles. The maximum atomic E-state index is 12.3. The van der Waals surface area contributed by atoms with E-state index in [0.717, 1.165) is 29.9 Å². The van der Waals surface area contributed by atoms with Gasteiger partial charge in [0.1, 0.15) is 5.75 Å². The SMILES string of the molecule is CCNC(=NCc1ccc(C)cc1OCC1CCOC1)NCCC(F)(F)F.I. The topological polar surface area (TPSA) is 54.9 Å². The van der Waals surface area contributed by atoms with Gasteiger partial charge in [0.25, 0.3) is 0 Å². The summed E-state index contributed by atoms with van der Waals surface area (Å²) < 4.78 is 48.3. The smallest absolute Gasteiger partial charge is 0.390 e. The van der Waals surface area contributed by atoms with Crippen LogP contribution in [0.3, 0.4) is 0 Å². The van der Waals surface area contributed by atoms with Crippen LogP contribution in [0.25, 0.3) is 0 Å². The average Bonchev–Trinajstić information content (AvgIpc) is 3.11. The first-order valence-electron chi connectivity index (χ1n) is 9.26. The van der Waals surface area contributed by atoms with E-state index in [2.05, 4.69) is 15.6 Å². The van der Waals surface area contributed by atoms with Gasteiger partial charge >= 0.3 is 6.18 Å². The van der Waals surface area contributed by atoms with Crippen molar-refractivity contribution in [1.82, 2.24) is 10.6 Å². The number of nitrogens with one attached hydrogen (secondary N) is 2. The Bertz CT molecular complexity index is 621. The normalized spacial score (nSPS) is 17.2. The lowest BCUT2D eigenvalue weighted by Gasteiger charge is -2.15. The van der Waals surface area contributed by atoms with Gasteiger partial charge in [-0.25, -0.2) is 4.99 Å². The summed E-state index contributed by atoms with van der Waals surface area (Å²) in [6.07, 6.45) is -4.10. The third kappa shape index (κ3) is 9.31. The summed E-state index contributed by atoms with van der Waals surface area (Å²) in [5, 5.41) is 5.68.